The van der Waals surface area contributed by atoms with Gasteiger partial charge in [0, 0.05) is 18.8 Å². The van der Waals surface area contributed by atoms with Gasteiger partial charge < -0.3 is 9.64 Å². The van der Waals surface area contributed by atoms with Crippen molar-refractivity contribution >= 4 is 15.8 Å². The highest BCUT2D eigenvalue weighted by Crippen LogP contribution is 2.31. The normalized spacial score (nSPS) is 16.0. The van der Waals surface area contributed by atoms with E-state index in [1.54, 1.807) is 30.3 Å². The van der Waals surface area contributed by atoms with Crippen LogP contribution in [0.5, 0.6) is 0 Å². The van der Waals surface area contributed by atoms with Gasteiger partial charge in [0.2, 0.25) is 9.84 Å². The molecule has 184 valence electrons. The minimum absolute atomic E-state index is 0.131. The van der Waals surface area contributed by atoms with E-state index in [2.05, 4.69) is 25.7 Å². The summed E-state index contributed by atoms with van der Waals surface area (Å²) in [5.74, 6) is -0.723. The van der Waals surface area contributed by atoms with Crippen molar-refractivity contribution in [2.24, 2.45) is 0 Å². The Balaban J connectivity index is 2.36. The Morgan fingerprint density at radius 3 is 2.21 bits per heavy atom. The minimum atomic E-state index is -3.99. The highest BCUT2D eigenvalue weighted by molar-refractivity contribution is 7.96. The van der Waals surface area contributed by atoms with Crippen LogP contribution in [0.15, 0.2) is 57.5 Å². The lowest BCUT2D eigenvalue weighted by molar-refractivity contribution is -0.138. The predicted octanol–water partition coefficient (Wildman–Crippen LogP) is 6.42. The van der Waals surface area contributed by atoms with Crippen molar-refractivity contribution in [1.82, 2.24) is 4.90 Å². The first-order valence-corrected chi connectivity index (χ1v) is 14.1. The zero-order valence-electron chi connectivity index (χ0n) is 20.6. The number of nitrogens with zero attached hydrogens (tertiary/aromatic N) is 1. The fourth-order valence-electron chi connectivity index (χ4n) is 4.27. The second kappa shape index (κ2) is 14.2. The standard InChI is InChI=1S/C27H41NO4S/c1-4-7-8-9-10-16-21-32-27(29)26(33(30,31)25-19-12-11-13-20-25)23-17-14-15-18-24(22-23)28(5-2)6-3/h11-13,19-20,22H,4-10,14-18,21H2,1-3H3/b26-23+. The van der Waals surface area contributed by atoms with Crippen LogP contribution in [-0.2, 0) is 19.4 Å². The van der Waals surface area contributed by atoms with Crippen LogP contribution in [0.25, 0.3) is 0 Å². The maximum atomic E-state index is 13.6. The second-order valence-corrected chi connectivity index (χ2v) is 10.5. The Labute approximate surface area is 200 Å². The van der Waals surface area contributed by atoms with E-state index in [9.17, 15) is 13.2 Å². The molecule has 1 aromatic rings. The number of rotatable bonds is 13. The highest BCUT2D eigenvalue weighted by Gasteiger charge is 2.32. The molecule has 0 unspecified atom stereocenters. The summed E-state index contributed by atoms with van der Waals surface area (Å²) in [5.41, 5.74) is 1.67. The summed E-state index contributed by atoms with van der Waals surface area (Å²) in [6.07, 6.45) is 11.6. The molecule has 0 heterocycles. The first-order chi connectivity index (χ1) is 16.0. The third-order valence-corrected chi connectivity index (χ3v) is 8.03. The summed E-state index contributed by atoms with van der Waals surface area (Å²) in [6.45, 7) is 8.30. The summed E-state index contributed by atoms with van der Waals surface area (Å²) < 4.78 is 32.8. The number of ether oxygens (including phenoxy) is 1. The Hall–Kier alpha value is -2.08. The molecular weight excluding hydrogens is 434 g/mol. The Morgan fingerprint density at radius 1 is 0.909 bits per heavy atom. The monoisotopic (exact) mass is 475 g/mol. The lowest BCUT2D eigenvalue weighted by atomic mass is 10.1. The Kier molecular flexibility index (Phi) is 11.7. The maximum Gasteiger partial charge on any atom is 0.350 e. The van der Waals surface area contributed by atoms with Crippen LogP contribution < -0.4 is 0 Å². The molecular formula is C27H41NO4S. The molecule has 0 aliphatic heterocycles. The van der Waals surface area contributed by atoms with E-state index in [0.717, 1.165) is 57.3 Å². The van der Waals surface area contributed by atoms with E-state index in [-0.39, 0.29) is 16.4 Å². The Morgan fingerprint density at radius 2 is 1.55 bits per heavy atom. The fourth-order valence-corrected chi connectivity index (χ4v) is 5.80. The molecule has 1 aromatic carbocycles. The van der Waals surface area contributed by atoms with Crippen LogP contribution in [0, 0.1) is 0 Å². The molecule has 1 aliphatic rings. The first-order valence-electron chi connectivity index (χ1n) is 12.6. The van der Waals surface area contributed by atoms with Crippen LogP contribution in [0.2, 0.25) is 0 Å². The molecule has 0 amide bonds. The van der Waals surface area contributed by atoms with Crippen molar-refractivity contribution in [3.63, 3.8) is 0 Å². The Bertz CT molecular complexity index is 899. The van der Waals surface area contributed by atoms with Gasteiger partial charge >= 0.3 is 5.97 Å². The summed E-state index contributed by atoms with van der Waals surface area (Å²) in [7, 11) is -3.99. The van der Waals surface area contributed by atoms with Crippen LogP contribution >= 0.6 is 0 Å². The van der Waals surface area contributed by atoms with Crippen molar-refractivity contribution in [2.45, 2.75) is 89.9 Å². The first kappa shape index (κ1) is 27.2. The SMILES string of the molecule is CCCCCCCCOC(=O)/C(=C1\C=C(N(CC)CC)CCCC1)S(=O)(=O)c1ccccc1. The van der Waals surface area contributed by atoms with E-state index >= 15 is 0 Å². The van der Waals surface area contributed by atoms with Gasteiger partial charge in [-0.3, -0.25) is 0 Å². The van der Waals surface area contributed by atoms with E-state index in [4.69, 9.17) is 4.74 Å². The van der Waals surface area contributed by atoms with Gasteiger partial charge in [-0.2, -0.15) is 0 Å². The average molecular weight is 476 g/mol. The predicted molar refractivity (Wildman–Crippen MR) is 134 cm³/mol. The largest absolute Gasteiger partial charge is 0.462 e. The summed E-state index contributed by atoms with van der Waals surface area (Å²) >= 11 is 0. The average Bonchev–Trinajstić information content (AvgIpc) is 3.06. The van der Waals surface area contributed by atoms with Crippen LogP contribution in [-0.4, -0.2) is 39.0 Å². The smallest absolute Gasteiger partial charge is 0.350 e. The van der Waals surface area contributed by atoms with E-state index in [1.165, 1.54) is 19.3 Å². The van der Waals surface area contributed by atoms with Crippen molar-refractivity contribution < 1.29 is 17.9 Å². The number of carbonyl (C=O) groups excluding carboxylic acids is 1. The van der Waals surface area contributed by atoms with E-state index < -0.39 is 15.8 Å². The molecule has 0 aromatic heterocycles. The fraction of sp³-hybridized carbons (Fsp3) is 0.593. The lowest BCUT2D eigenvalue weighted by Crippen LogP contribution is -2.23. The summed E-state index contributed by atoms with van der Waals surface area (Å²) in [5, 5.41) is 0. The second-order valence-electron chi connectivity index (χ2n) is 8.59. The van der Waals surface area contributed by atoms with Gasteiger partial charge in [-0.05, 0) is 69.7 Å². The molecule has 33 heavy (non-hydrogen) atoms. The number of allylic oxidation sites excluding steroid dienone is 3. The number of carbonyl (C=O) groups is 1. The molecule has 0 atom stereocenters. The topological polar surface area (TPSA) is 63.7 Å². The molecule has 2 rings (SSSR count). The molecule has 0 N–H and O–H groups in total. The molecule has 0 bridgehead atoms. The maximum absolute atomic E-state index is 13.6. The molecule has 0 radical (unpaired) electrons. The number of benzene rings is 1. The third-order valence-electron chi connectivity index (χ3n) is 6.17. The zero-order valence-corrected chi connectivity index (χ0v) is 21.5. The van der Waals surface area contributed by atoms with Gasteiger partial charge in [-0.1, -0.05) is 57.2 Å². The van der Waals surface area contributed by atoms with Crippen molar-refractivity contribution in [3.05, 3.63) is 52.6 Å². The van der Waals surface area contributed by atoms with E-state index in [0.29, 0.717) is 12.0 Å². The van der Waals surface area contributed by atoms with Crippen LogP contribution in [0.4, 0.5) is 0 Å². The van der Waals surface area contributed by atoms with Gasteiger partial charge in [0.15, 0.2) is 4.91 Å². The number of unbranched alkanes of at least 4 members (excludes halogenated alkanes) is 5. The molecule has 0 saturated heterocycles. The molecule has 0 saturated carbocycles. The third kappa shape index (κ3) is 8.02. The zero-order chi connectivity index (χ0) is 24.1. The summed E-state index contributed by atoms with van der Waals surface area (Å²) in [6, 6.07) is 8.22. The van der Waals surface area contributed by atoms with Crippen molar-refractivity contribution in [1.29, 1.82) is 0 Å². The number of hydrogen-bond acceptors (Lipinski definition) is 5. The van der Waals surface area contributed by atoms with Gasteiger partial charge in [0.1, 0.15) is 0 Å². The molecule has 0 fully saturated rings. The summed E-state index contributed by atoms with van der Waals surface area (Å²) in [4.78, 5) is 15.4. The molecule has 1 aliphatic carbocycles. The quantitative estimate of drug-likeness (QED) is 0.187. The number of hydrogen-bond donors (Lipinski definition) is 0. The van der Waals surface area contributed by atoms with Gasteiger partial charge in [0.05, 0.1) is 11.5 Å². The van der Waals surface area contributed by atoms with Gasteiger partial charge in [-0.15, -0.1) is 0 Å². The number of sulfone groups is 1. The van der Waals surface area contributed by atoms with Crippen molar-refractivity contribution in [2.75, 3.05) is 19.7 Å². The van der Waals surface area contributed by atoms with E-state index in [1.807, 2.05) is 6.08 Å². The lowest BCUT2D eigenvalue weighted by Gasteiger charge is -2.24. The van der Waals surface area contributed by atoms with Crippen molar-refractivity contribution in [3.8, 4) is 0 Å². The highest BCUT2D eigenvalue weighted by atomic mass is 32.2. The molecule has 0 spiro atoms. The number of esters is 1. The van der Waals surface area contributed by atoms with Crippen LogP contribution in [0.3, 0.4) is 0 Å². The van der Waals surface area contributed by atoms with Crippen LogP contribution in [0.1, 0.15) is 85.0 Å². The minimum Gasteiger partial charge on any atom is -0.462 e. The van der Waals surface area contributed by atoms with Gasteiger partial charge in [0.25, 0.3) is 0 Å². The van der Waals surface area contributed by atoms with Gasteiger partial charge in [-0.25, -0.2) is 13.2 Å². The molecule has 5 nitrogen and oxygen atoms in total. The molecule has 6 heteroatoms.